The molecule has 4 heterocycles. The Bertz CT molecular complexity index is 1060. The molecule has 0 amide bonds. The van der Waals surface area contributed by atoms with Crippen LogP contribution in [0.15, 0.2) is 24.4 Å². The molecule has 2 aliphatic heterocycles. The second-order valence-electron chi connectivity index (χ2n) is 8.13. The number of alkyl halides is 1. The van der Waals surface area contributed by atoms with Crippen LogP contribution in [0.3, 0.4) is 0 Å². The summed E-state index contributed by atoms with van der Waals surface area (Å²) in [4.78, 5) is 13.2. The molecule has 0 unspecified atom stereocenters. The molecule has 2 aromatic heterocycles. The second-order valence-corrected chi connectivity index (χ2v) is 8.13. The van der Waals surface area contributed by atoms with Gasteiger partial charge in [-0.15, -0.1) is 0 Å². The molecule has 8 heteroatoms. The van der Waals surface area contributed by atoms with Crippen LogP contribution in [0.2, 0.25) is 0 Å². The van der Waals surface area contributed by atoms with Crippen LogP contribution >= 0.6 is 0 Å². The third-order valence-corrected chi connectivity index (χ3v) is 6.04. The first-order chi connectivity index (χ1) is 14.0. The number of hydrogen-bond donors (Lipinski definition) is 0. The van der Waals surface area contributed by atoms with E-state index in [0.29, 0.717) is 35.6 Å². The fraction of sp³-hybridized carbons (Fsp3) is 0.476. The average Bonchev–Trinajstić information content (AvgIpc) is 3.02. The summed E-state index contributed by atoms with van der Waals surface area (Å²) in [5.74, 6) is 1.38. The summed E-state index contributed by atoms with van der Waals surface area (Å²) in [7, 11) is 1.89. The van der Waals surface area contributed by atoms with Crippen molar-refractivity contribution in [3.05, 3.63) is 41.6 Å². The quantitative estimate of drug-likeness (QED) is 0.678. The molecule has 2 fully saturated rings. The Morgan fingerprint density at radius 1 is 1.07 bits per heavy atom. The van der Waals surface area contributed by atoms with Gasteiger partial charge in [-0.05, 0) is 51.1 Å². The number of nitrogens with zero attached hydrogens (tertiary/aromatic N) is 6. The molecule has 2 atom stereocenters. The molecular formula is C21H24F2N6. The van der Waals surface area contributed by atoms with Crippen molar-refractivity contribution in [2.45, 2.75) is 31.9 Å². The summed E-state index contributed by atoms with van der Waals surface area (Å²) >= 11 is 0. The van der Waals surface area contributed by atoms with E-state index >= 15 is 0 Å². The van der Waals surface area contributed by atoms with Crippen LogP contribution < -0.4 is 4.90 Å². The van der Waals surface area contributed by atoms with Crippen molar-refractivity contribution in [1.82, 2.24) is 24.6 Å². The minimum absolute atomic E-state index is 0.325. The Kier molecular flexibility index (Phi) is 4.46. The summed E-state index contributed by atoms with van der Waals surface area (Å²) in [5, 5.41) is 5.13. The van der Waals surface area contributed by atoms with Crippen molar-refractivity contribution in [2.75, 3.05) is 38.1 Å². The van der Waals surface area contributed by atoms with Gasteiger partial charge in [-0.25, -0.2) is 23.4 Å². The van der Waals surface area contributed by atoms with Crippen LogP contribution in [-0.2, 0) is 0 Å². The van der Waals surface area contributed by atoms with E-state index in [1.165, 1.54) is 6.07 Å². The molecule has 152 valence electrons. The maximum atomic E-state index is 14.8. The number of fused-ring (bicyclic) bond motifs is 1. The smallest absolute Gasteiger partial charge is 0.159 e. The fourth-order valence-corrected chi connectivity index (χ4v) is 4.29. The van der Waals surface area contributed by atoms with Crippen molar-refractivity contribution < 1.29 is 8.78 Å². The molecule has 0 radical (unpaired) electrons. The highest BCUT2D eigenvalue weighted by Crippen LogP contribution is 2.34. The minimum atomic E-state index is -1.09. The average molecular weight is 398 g/mol. The maximum absolute atomic E-state index is 14.8. The SMILES string of the molecule is Cc1nc(N2CCC2)cc(-n2ncc3cc(F)c([C@H]4CCN(C)C[C@H]4F)cc32)n1. The van der Waals surface area contributed by atoms with Crippen molar-refractivity contribution in [3.63, 3.8) is 0 Å². The molecule has 2 saturated heterocycles. The normalized spacial score (nSPS) is 22.8. The van der Waals surface area contributed by atoms with Gasteiger partial charge in [-0.1, -0.05) is 0 Å². The molecule has 0 saturated carbocycles. The molecule has 5 rings (SSSR count). The first-order valence-corrected chi connectivity index (χ1v) is 10.1. The number of benzene rings is 1. The van der Waals surface area contributed by atoms with E-state index in [2.05, 4.69) is 20.0 Å². The van der Waals surface area contributed by atoms with Crippen molar-refractivity contribution in [2.24, 2.45) is 0 Å². The molecule has 0 spiro atoms. The molecule has 0 bridgehead atoms. The van der Waals surface area contributed by atoms with E-state index in [4.69, 9.17) is 0 Å². The maximum Gasteiger partial charge on any atom is 0.159 e. The third-order valence-electron chi connectivity index (χ3n) is 6.04. The number of anilines is 1. The van der Waals surface area contributed by atoms with Gasteiger partial charge in [0.1, 0.15) is 23.6 Å². The lowest BCUT2D eigenvalue weighted by Gasteiger charge is -2.32. The van der Waals surface area contributed by atoms with Gasteiger partial charge < -0.3 is 9.80 Å². The molecule has 0 N–H and O–H groups in total. The van der Waals surface area contributed by atoms with Gasteiger partial charge in [0.2, 0.25) is 0 Å². The van der Waals surface area contributed by atoms with Gasteiger partial charge in [0, 0.05) is 37.0 Å². The lowest BCUT2D eigenvalue weighted by Crippen LogP contribution is -2.38. The van der Waals surface area contributed by atoms with E-state index in [-0.39, 0.29) is 5.82 Å². The van der Waals surface area contributed by atoms with Gasteiger partial charge in [0.05, 0.1) is 11.7 Å². The monoisotopic (exact) mass is 398 g/mol. The summed E-state index contributed by atoms with van der Waals surface area (Å²) in [5.41, 5.74) is 1.16. The third kappa shape index (κ3) is 3.25. The zero-order valence-electron chi connectivity index (χ0n) is 16.6. The number of rotatable bonds is 3. The number of likely N-dealkylation sites (tertiary alicyclic amines) is 1. The molecule has 2 aliphatic rings. The summed E-state index contributed by atoms with van der Waals surface area (Å²) in [6, 6.07) is 5.12. The first-order valence-electron chi connectivity index (χ1n) is 10.1. The largest absolute Gasteiger partial charge is 0.356 e. The van der Waals surface area contributed by atoms with E-state index in [1.54, 1.807) is 16.9 Å². The highest BCUT2D eigenvalue weighted by molar-refractivity contribution is 5.81. The lowest BCUT2D eigenvalue weighted by molar-refractivity contribution is 0.137. The van der Waals surface area contributed by atoms with E-state index in [0.717, 1.165) is 37.4 Å². The highest BCUT2D eigenvalue weighted by Gasteiger charge is 2.31. The Morgan fingerprint density at radius 2 is 1.86 bits per heavy atom. The van der Waals surface area contributed by atoms with Crippen LogP contribution in [0.25, 0.3) is 16.7 Å². The minimum Gasteiger partial charge on any atom is -0.356 e. The fourth-order valence-electron chi connectivity index (χ4n) is 4.29. The number of aromatic nitrogens is 4. The Balaban J connectivity index is 1.58. The van der Waals surface area contributed by atoms with Gasteiger partial charge in [0.25, 0.3) is 0 Å². The second kappa shape index (κ2) is 7.02. The number of aryl methyl sites for hydroxylation is 1. The van der Waals surface area contributed by atoms with Crippen LogP contribution in [0.5, 0.6) is 0 Å². The number of hydrogen-bond acceptors (Lipinski definition) is 5. The van der Waals surface area contributed by atoms with Crippen LogP contribution in [0.4, 0.5) is 14.6 Å². The Hall–Kier alpha value is -2.61. The zero-order valence-corrected chi connectivity index (χ0v) is 16.6. The molecule has 1 aromatic carbocycles. The first kappa shape index (κ1) is 18.4. The molecule has 3 aromatic rings. The van der Waals surface area contributed by atoms with E-state index < -0.39 is 12.1 Å². The van der Waals surface area contributed by atoms with Crippen molar-refractivity contribution in [3.8, 4) is 5.82 Å². The topological polar surface area (TPSA) is 50.1 Å². The van der Waals surface area contributed by atoms with Crippen LogP contribution in [-0.4, -0.2) is 64.0 Å². The van der Waals surface area contributed by atoms with Crippen molar-refractivity contribution in [1.29, 1.82) is 0 Å². The lowest BCUT2D eigenvalue weighted by atomic mass is 9.87. The van der Waals surface area contributed by atoms with Crippen LogP contribution in [0.1, 0.15) is 30.1 Å². The number of piperidine rings is 1. The van der Waals surface area contributed by atoms with Gasteiger partial charge >= 0.3 is 0 Å². The summed E-state index contributed by atoms with van der Waals surface area (Å²) in [6.07, 6.45) is 2.30. The molecule has 0 aliphatic carbocycles. The Labute approximate surface area is 168 Å². The van der Waals surface area contributed by atoms with E-state index in [9.17, 15) is 8.78 Å². The predicted molar refractivity (Wildman–Crippen MR) is 108 cm³/mol. The molecule has 6 nitrogen and oxygen atoms in total. The van der Waals surface area contributed by atoms with E-state index in [1.807, 2.05) is 24.9 Å². The van der Waals surface area contributed by atoms with Gasteiger partial charge in [0.15, 0.2) is 5.82 Å². The van der Waals surface area contributed by atoms with Crippen molar-refractivity contribution >= 4 is 16.7 Å². The molecule has 29 heavy (non-hydrogen) atoms. The summed E-state index contributed by atoms with van der Waals surface area (Å²) < 4.78 is 31.2. The Morgan fingerprint density at radius 3 is 2.59 bits per heavy atom. The zero-order chi connectivity index (χ0) is 20.1. The van der Waals surface area contributed by atoms with Crippen LogP contribution in [0, 0.1) is 12.7 Å². The van der Waals surface area contributed by atoms with Gasteiger partial charge in [-0.3, -0.25) is 0 Å². The predicted octanol–water partition coefficient (Wildman–Crippen LogP) is 3.23. The molecular weight excluding hydrogens is 374 g/mol. The standard InChI is InChI=1S/C21H24F2N6/c1-13-25-20(28-5-3-6-28)10-21(26-13)29-19-9-16(17(22)8-14(19)11-24-29)15-4-7-27(2)12-18(15)23/h8-11,15,18H,3-7,12H2,1-2H3/t15-,18-/m1/s1. The summed E-state index contributed by atoms with van der Waals surface area (Å²) in [6.45, 7) is 4.91. The van der Waals surface area contributed by atoms with Gasteiger partial charge in [-0.2, -0.15) is 5.10 Å². The number of halogens is 2. The highest BCUT2D eigenvalue weighted by atomic mass is 19.1.